The first-order chi connectivity index (χ1) is 9.59. The lowest BCUT2D eigenvalue weighted by Crippen LogP contribution is -2.36. The highest BCUT2D eigenvalue weighted by Crippen LogP contribution is 2.17. The molecule has 0 aliphatic heterocycles. The topological polar surface area (TPSA) is 67.8 Å². The van der Waals surface area contributed by atoms with Crippen molar-refractivity contribution in [3.8, 4) is 5.69 Å². The Bertz CT molecular complexity index is 928. The van der Waals surface area contributed by atoms with Crippen molar-refractivity contribution >= 4 is 22.5 Å². The van der Waals surface area contributed by atoms with E-state index in [-0.39, 0.29) is 5.69 Å². The molecule has 3 aromatic rings. The van der Waals surface area contributed by atoms with Crippen LogP contribution in [0.5, 0.6) is 0 Å². The van der Waals surface area contributed by atoms with Crippen LogP contribution in [0.25, 0.3) is 16.6 Å². The number of aromatic amines is 1. The van der Waals surface area contributed by atoms with Gasteiger partial charge in [-0.15, -0.1) is 0 Å². The molecule has 100 valence electrons. The zero-order valence-corrected chi connectivity index (χ0v) is 10.7. The van der Waals surface area contributed by atoms with Crippen LogP contribution in [0.15, 0.2) is 46.1 Å². The molecule has 3 rings (SSSR count). The molecule has 0 amide bonds. The number of rotatable bonds is 1. The zero-order valence-electron chi connectivity index (χ0n) is 9.93. The Morgan fingerprint density at radius 1 is 1.20 bits per heavy atom. The van der Waals surface area contributed by atoms with Gasteiger partial charge in [-0.1, -0.05) is 29.8 Å². The normalized spacial score (nSPS) is 10.9. The maximum absolute atomic E-state index is 13.6. The number of hydrogen-bond donors (Lipinski definition) is 1. The van der Waals surface area contributed by atoms with Crippen molar-refractivity contribution in [3.63, 3.8) is 0 Å². The number of H-pyrrole nitrogens is 1. The quantitative estimate of drug-likeness (QED) is 0.696. The number of fused-ring (bicyclic) bond motifs is 1. The SMILES string of the molecule is O=c1[nH]c(Cl)c(F)c(=O)n1-c1cccc2cccnc12. The molecular formula is C13H7ClFN3O2. The summed E-state index contributed by atoms with van der Waals surface area (Å²) in [6, 6.07) is 8.44. The van der Waals surface area contributed by atoms with E-state index in [0.29, 0.717) is 10.1 Å². The summed E-state index contributed by atoms with van der Waals surface area (Å²) in [5, 5.41) is 0.121. The Balaban J connectivity index is 2.47. The molecule has 0 radical (unpaired) electrons. The number of halogens is 2. The summed E-state index contributed by atoms with van der Waals surface area (Å²) < 4.78 is 14.3. The van der Waals surface area contributed by atoms with Gasteiger partial charge >= 0.3 is 5.69 Å². The van der Waals surface area contributed by atoms with E-state index in [9.17, 15) is 14.0 Å². The molecule has 20 heavy (non-hydrogen) atoms. The van der Waals surface area contributed by atoms with E-state index in [1.807, 2.05) is 0 Å². The van der Waals surface area contributed by atoms with Gasteiger partial charge in [-0.25, -0.2) is 9.36 Å². The number of benzene rings is 1. The third-order valence-corrected chi connectivity index (χ3v) is 3.12. The first kappa shape index (κ1) is 12.6. The fourth-order valence-electron chi connectivity index (χ4n) is 1.98. The van der Waals surface area contributed by atoms with Crippen molar-refractivity contribution in [1.82, 2.24) is 14.5 Å². The predicted octanol–water partition coefficient (Wildman–Crippen LogP) is 1.87. The van der Waals surface area contributed by atoms with E-state index in [0.717, 1.165) is 5.39 Å². The van der Waals surface area contributed by atoms with Crippen molar-refractivity contribution in [1.29, 1.82) is 0 Å². The third-order valence-electron chi connectivity index (χ3n) is 2.86. The van der Waals surface area contributed by atoms with Gasteiger partial charge in [0.25, 0.3) is 5.56 Å². The largest absolute Gasteiger partial charge is 0.334 e. The highest BCUT2D eigenvalue weighted by Gasteiger charge is 2.15. The zero-order chi connectivity index (χ0) is 14.3. The van der Waals surface area contributed by atoms with Crippen LogP contribution in [0.4, 0.5) is 4.39 Å². The average molecular weight is 292 g/mol. The van der Waals surface area contributed by atoms with E-state index < -0.39 is 22.2 Å². The maximum atomic E-state index is 13.6. The average Bonchev–Trinajstić information content (AvgIpc) is 2.45. The van der Waals surface area contributed by atoms with Gasteiger partial charge in [0.1, 0.15) is 0 Å². The minimum Gasteiger partial charge on any atom is -0.295 e. The Morgan fingerprint density at radius 3 is 2.75 bits per heavy atom. The van der Waals surface area contributed by atoms with Gasteiger partial charge in [-0.3, -0.25) is 14.8 Å². The number of nitrogens with one attached hydrogen (secondary N) is 1. The van der Waals surface area contributed by atoms with Crippen LogP contribution in [0.3, 0.4) is 0 Å². The van der Waals surface area contributed by atoms with Crippen LogP contribution in [0, 0.1) is 5.82 Å². The fraction of sp³-hybridized carbons (Fsp3) is 0. The van der Waals surface area contributed by atoms with Crippen LogP contribution in [0.2, 0.25) is 5.15 Å². The number of para-hydroxylation sites is 1. The lowest BCUT2D eigenvalue weighted by atomic mass is 10.2. The van der Waals surface area contributed by atoms with Crippen molar-refractivity contribution < 1.29 is 4.39 Å². The summed E-state index contributed by atoms with van der Waals surface area (Å²) in [6.45, 7) is 0. The van der Waals surface area contributed by atoms with Crippen LogP contribution < -0.4 is 11.2 Å². The lowest BCUT2D eigenvalue weighted by Gasteiger charge is -2.07. The second-order valence-electron chi connectivity index (χ2n) is 4.05. The summed E-state index contributed by atoms with van der Waals surface area (Å²) >= 11 is 5.44. The lowest BCUT2D eigenvalue weighted by molar-refractivity contribution is 0.585. The molecule has 0 spiro atoms. The molecule has 0 saturated heterocycles. The van der Waals surface area contributed by atoms with E-state index in [1.54, 1.807) is 24.3 Å². The Hall–Kier alpha value is -2.47. The molecule has 1 aromatic carbocycles. The molecule has 5 nitrogen and oxygen atoms in total. The van der Waals surface area contributed by atoms with Crippen LogP contribution in [-0.4, -0.2) is 14.5 Å². The minimum atomic E-state index is -1.21. The van der Waals surface area contributed by atoms with E-state index in [2.05, 4.69) is 9.97 Å². The van der Waals surface area contributed by atoms with Crippen molar-refractivity contribution in [2.75, 3.05) is 0 Å². The number of aromatic nitrogens is 3. The van der Waals surface area contributed by atoms with Crippen molar-refractivity contribution in [3.05, 3.63) is 68.3 Å². The third kappa shape index (κ3) is 1.81. The van der Waals surface area contributed by atoms with Crippen LogP contribution >= 0.6 is 11.6 Å². The minimum absolute atomic E-state index is 0.199. The molecule has 1 N–H and O–H groups in total. The van der Waals surface area contributed by atoms with Crippen LogP contribution in [-0.2, 0) is 0 Å². The number of hydrogen-bond acceptors (Lipinski definition) is 3. The fourth-order valence-corrected chi connectivity index (χ4v) is 2.14. The maximum Gasteiger partial charge on any atom is 0.334 e. The number of pyridine rings is 1. The standard InChI is InChI=1S/C13H7ClFN3O2/c14-11-9(15)12(19)18(13(20)17-11)8-5-1-3-7-4-2-6-16-10(7)8/h1-6H,(H,17,20). The molecule has 0 aliphatic rings. The van der Waals surface area contributed by atoms with Gasteiger partial charge in [-0.05, 0) is 12.1 Å². The Kier molecular flexibility index (Phi) is 2.87. The highest BCUT2D eigenvalue weighted by atomic mass is 35.5. The molecule has 2 heterocycles. The van der Waals surface area contributed by atoms with E-state index in [1.165, 1.54) is 12.3 Å². The van der Waals surface area contributed by atoms with Crippen molar-refractivity contribution in [2.45, 2.75) is 0 Å². The van der Waals surface area contributed by atoms with Gasteiger partial charge in [-0.2, -0.15) is 4.39 Å². The molecule has 0 aliphatic carbocycles. The summed E-state index contributed by atoms with van der Waals surface area (Å²) in [5.41, 5.74) is -1.31. The summed E-state index contributed by atoms with van der Waals surface area (Å²) in [5.74, 6) is -1.21. The first-order valence-corrected chi connectivity index (χ1v) is 6.02. The molecule has 0 saturated carbocycles. The van der Waals surface area contributed by atoms with Crippen LogP contribution in [0.1, 0.15) is 0 Å². The molecule has 0 unspecified atom stereocenters. The first-order valence-electron chi connectivity index (χ1n) is 5.64. The van der Waals surface area contributed by atoms with Gasteiger partial charge in [0.05, 0.1) is 11.2 Å². The summed E-state index contributed by atoms with van der Waals surface area (Å²) in [6.07, 6.45) is 1.53. The summed E-state index contributed by atoms with van der Waals surface area (Å²) in [7, 11) is 0. The second kappa shape index (κ2) is 4.57. The van der Waals surface area contributed by atoms with Gasteiger partial charge in [0, 0.05) is 11.6 Å². The smallest absolute Gasteiger partial charge is 0.295 e. The van der Waals surface area contributed by atoms with Gasteiger partial charge < -0.3 is 0 Å². The molecule has 0 bridgehead atoms. The molecule has 7 heteroatoms. The van der Waals surface area contributed by atoms with Crippen molar-refractivity contribution in [2.24, 2.45) is 0 Å². The predicted molar refractivity (Wildman–Crippen MR) is 72.9 cm³/mol. The Labute approximate surface area is 116 Å². The van der Waals surface area contributed by atoms with Gasteiger partial charge in [0.15, 0.2) is 5.15 Å². The van der Waals surface area contributed by atoms with E-state index in [4.69, 9.17) is 11.6 Å². The summed E-state index contributed by atoms with van der Waals surface area (Å²) in [4.78, 5) is 30.0. The molecule has 2 aromatic heterocycles. The van der Waals surface area contributed by atoms with E-state index >= 15 is 0 Å². The highest BCUT2D eigenvalue weighted by molar-refractivity contribution is 6.29. The molecule has 0 atom stereocenters. The Morgan fingerprint density at radius 2 is 1.95 bits per heavy atom. The molecular weight excluding hydrogens is 285 g/mol. The molecule has 0 fully saturated rings. The number of nitrogens with zero attached hydrogens (tertiary/aromatic N) is 2. The monoisotopic (exact) mass is 291 g/mol. The second-order valence-corrected chi connectivity index (χ2v) is 4.43. The van der Waals surface area contributed by atoms with Gasteiger partial charge in [0.2, 0.25) is 5.82 Å².